The molecule has 3 heterocycles. The summed E-state index contributed by atoms with van der Waals surface area (Å²) in [5.41, 5.74) is 0.854. The summed E-state index contributed by atoms with van der Waals surface area (Å²) in [6.45, 7) is 8.29. The van der Waals surface area contributed by atoms with Crippen LogP contribution in [0.25, 0.3) is 11.5 Å². The number of anilines is 1. The average molecular weight is 343 g/mol. The number of aromatic nitrogens is 4. The van der Waals surface area contributed by atoms with Gasteiger partial charge in [0, 0.05) is 28.8 Å². The molecule has 0 saturated heterocycles. The summed E-state index contributed by atoms with van der Waals surface area (Å²) in [4.78, 5) is 14.6. The molecule has 7 heteroatoms. The fourth-order valence-corrected chi connectivity index (χ4v) is 3.06. The molecule has 0 fully saturated rings. The predicted molar refractivity (Wildman–Crippen MR) is 95.1 cm³/mol. The fraction of sp³-hybridized carbons (Fsp3) is 0.412. The topological polar surface area (TPSA) is 76.7 Å². The molecular weight excluding hydrogens is 322 g/mol. The first-order chi connectivity index (χ1) is 11.6. The molecule has 1 N–H and O–H groups in total. The molecule has 1 unspecified atom stereocenters. The lowest BCUT2D eigenvalue weighted by Gasteiger charge is -2.12. The Balaban J connectivity index is 1.77. The van der Waals surface area contributed by atoms with Gasteiger partial charge in [-0.2, -0.15) is 4.98 Å². The maximum absolute atomic E-state index is 5.35. The first-order valence-electron chi connectivity index (χ1n) is 8.08. The van der Waals surface area contributed by atoms with E-state index in [0.29, 0.717) is 11.7 Å². The first kappa shape index (κ1) is 16.6. The van der Waals surface area contributed by atoms with Gasteiger partial charge in [0.2, 0.25) is 0 Å². The van der Waals surface area contributed by atoms with Gasteiger partial charge < -0.3 is 9.84 Å². The van der Waals surface area contributed by atoms with Crippen LogP contribution in [-0.4, -0.2) is 20.1 Å². The Hall–Kier alpha value is -2.28. The third-order valence-electron chi connectivity index (χ3n) is 3.62. The van der Waals surface area contributed by atoms with Crippen molar-refractivity contribution in [2.45, 2.75) is 46.1 Å². The molecule has 0 aliphatic heterocycles. The maximum Gasteiger partial charge on any atom is 0.258 e. The van der Waals surface area contributed by atoms with Crippen molar-refractivity contribution in [3.05, 3.63) is 40.2 Å². The summed E-state index contributed by atoms with van der Waals surface area (Å²) in [6, 6.07) is 3.88. The Morgan fingerprint density at radius 2 is 2.08 bits per heavy atom. The molecule has 3 aromatic rings. The van der Waals surface area contributed by atoms with Crippen molar-refractivity contribution >= 4 is 17.2 Å². The van der Waals surface area contributed by atoms with Gasteiger partial charge in [0.05, 0.1) is 6.04 Å². The van der Waals surface area contributed by atoms with Crippen molar-refractivity contribution in [2.24, 2.45) is 0 Å². The Labute approximate surface area is 145 Å². The Morgan fingerprint density at radius 1 is 1.25 bits per heavy atom. The van der Waals surface area contributed by atoms with E-state index in [-0.39, 0.29) is 12.0 Å². The molecule has 0 aliphatic carbocycles. The van der Waals surface area contributed by atoms with Crippen molar-refractivity contribution in [3.63, 3.8) is 0 Å². The molecule has 0 aromatic carbocycles. The van der Waals surface area contributed by atoms with E-state index in [9.17, 15) is 0 Å². The summed E-state index contributed by atoms with van der Waals surface area (Å²) in [6.07, 6.45) is 4.68. The largest absolute Gasteiger partial charge is 0.361 e. The van der Waals surface area contributed by atoms with E-state index in [2.05, 4.69) is 39.3 Å². The van der Waals surface area contributed by atoms with Gasteiger partial charge in [-0.15, -0.1) is 11.3 Å². The Morgan fingerprint density at radius 3 is 2.75 bits per heavy atom. The molecule has 24 heavy (non-hydrogen) atoms. The van der Waals surface area contributed by atoms with Crippen LogP contribution in [0, 0.1) is 0 Å². The number of hydrogen-bond donors (Lipinski definition) is 1. The third-order valence-corrected chi connectivity index (χ3v) is 4.94. The van der Waals surface area contributed by atoms with Gasteiger partial charge in [-0.3, -0.25) is 0 Å². The van der Waals surface area contributed by atoms with Gasteiger partial charge in [0.25, 0.3) is 5.89 Å². The zero-order chi connectivity index (χ0) is 17.1. The third kappa shape index (κ3) is 3.62. The summed E-state index contributed by atoms with van der Waals surface area (Å²) < 4.78 is 5.35. The fourth-order valence-electron chi connectivity index (χ4n) is 2.20. The van der Waals surface area contributed by atoms with Gasteiger partial charge in [0.1, 0.15) is 10.8 Å². The Kier molecular flexibility index (Phi) is 4.89. The molecule has 0 amide bonds. The number of nitrogens with zero attached hydrogens (tertiary/aromatic N) is 4. The van der Waals surface area contributed by atoms with Crippen molar-refractivity contribution in [1.29, 1.82) is 0 Å². The van der Waals surface area contributed by atoms with E-state index in [1.54, 1.807) is 17.5 Å². The molecule has 0 aliphatic rings. The van der Waals surface area contributed by atoms with E-state index >= 15 is 0 Å². The van der Waals surface area contributed by atoms with Crippen LogP contribution >= 0.6 is 11.3 Å². The highest BCUT2D eigenvalue weighted by molar-refractivity contribution is 7.11. The average Bonchev–Trinajstić information content (AvgIpc) is 3.24. The second kappa shape index (κ2) is 7.09. The van der Waals surface area contributed by atoms with Crippen molar-refractivity contribution in [2.75, 3.05) is 5.32 Å². The van der Waals surface area contributed by atoms with Crippen LogP contribution in [0.5, 0.6) is 0 Å². The van der Waals surface area contributed by atoms with Crippen molar-refractivity contribution in [3.8, 4) is 11.5 Å². The van der Waals surface area contributed by atoms with Crippen LogP contribution in [0.15, 0.2) is 29.0 Å². The van der Waals surface area contributed by atoms with Crippen LogP contribution in [0.1, 0.15) is 55.4 Å². The minimum Gasteiger partial charge on any atom is -0.361 e. The number of nitrogens with one attached hydrogen (secondary N) is 1. The van der Waals surface area contributed by atoms with E-state index in [0.717, 1.165) is 22.8 Å². The summed E-state index contributed by atoms with van der Waals surface area (Å²) >= 11 is 1.73. The molecular formula is C17H21N5OS. The minimum atomic E-state index is 0.0898. The summed E-state index contributed by atoms with van der Waals surface area (Å²) in [5, 5.41) is 8.44. The SMILES string of the molecule is CCc1cnc(C(C)Nc2cc(-c3nc(C(C)C)no3)ccn2)s1. The number of hydrogen-bond acceptors (Lipinski definition) is 7. The van der Waals surface area contributed by atoms with Gasteiger partial charge in [-0.25, -0.2) is 9.97 Å². The molecule has 3 aromatic heterocycles. The molecule has 3 rings (SSSR count). The van der Waals surface area contributed by atoms with Crippen molar-refractivity contribution in [1.82, 2.24) is 20.1 Å². The molecule has 0 bridgehead atoms. The van der Waals surface area contributed by atoms with Crippen LogP contribution in [0.4, 0.5) is 5.82 Å². The van der Waals surface area contributed by atoms with Gasteiger partial charge in [-0.05, 0) is 25.5 Å². The van der Waals surface area contributed by atoms with Gasteiger partial charge >= 0.3 is 0 Å². The first-order valence-corrected chi connectivity index (χ1v) is 8.89. The lowest BCUT2D eigenvalue weighted by Crippen LogP contribution is -2.07. The van der Waals surface area contributed by atoms with Crippen LogP contribution in [-0.2, 0) is 6.42 Å². The number of rotatable bonds is 6. The van der Waals surface area contributed by atoms with E-state index < -0.39 is 0 Å². The van der Waals surface area contributed by atoms with E-state index in [1.807, 2.05) is 32.2 Å². The highest BCUT2D eigenvalue weighted by atomic mass is 32.1. The summed E-state index contributed by atoms with van der Waals surface area (Å²) in [5.74, 6) is 2.22. The second-order valence-electron chi connectivity index (χ2n) is 5.93. The van der Waals surface area contributed by atoms with Crippen LogP contribution in [0.3, 0.4) is 0 Å². The lowest BCUT2D eigenvalue weighted by atomic mass is 10.2. The predicted octanol–water partition coefficient (Wildman–Crippen LogP) is 4.45. The standard InChI is InChI=1S/C17H21N5OS/c1-5-13-9-19-17(24-13)11(4)20-14-8-12(6-7-18-14)16-21-15(10(2)3)22-23-16/h6-11H,5H2,1-4H3,(H,18,20). The highest BCUT2D eigenvalue weighted by Gasteiger charge is 2.14. The van der Waals surface area contributed by atoms with Crippen LogP contribution in [0.2, 0.25) is 0 Å². The Bertz CT molecular complexity index is 811. The minimum absolute atomic E-state index is 0.0898. The molecule has 0 saturated carbocycles. The maximum atomic E-state index is 5.35. The number of pyridine rings is 1. The number of aryl methyl sites for hydroxylation is 1. The quantitative estimate of drug-likeness (QED) is 0.712. The lowest BCUT2D eigenvalue weighted by molar-refractivity contribution is 0.419. The molecule has 126 valence electrons. The normalized spacial score (nSPS) is 12.5. The smallest absolute Gasteiger partial charge is 0.258 e. The highest BCUT2D eigenvalue weighted by Crippen LogP contribution is 2.26. The van der Waals surface area contributed by atoms with E-state index in [4.69, 9.17) is 4.52 Å². The molecule has 1 atom stereocenters. The molecule has 0 radical (unpaired) electrons. The molecule has 6 nitrogen and oxygen atoms in total. The second-order valence-corrected chi connectivity index (χ2v) is 7.07. The molecule has 0 spiro atoms. The summed E-state index contributed by atoms with van der Waals surface area (Å²) in [7, 11) is 0. The number of thiazole rings is 1. The van der Waals surface area contributed by atoms with Crippen LogP contribution < -0.4 is 5.32 Å². The van der Waals surface area contributed by atoms with Gasteiger partial charge in [0.15, 0.2) is 5.82 Å². The van der Waals surface area contributed by atoms with Crippen molar-refractivity contribution < 1.29 is 4.52 Å². The van der Waals surface area contributed by atoms with E-state index in [1.165, 1.54) is 4.88 Å². The zero-order valence-electron chi connectivity index (χ0n) is 14.3. The van der Waals surface area contributed by atoms with Gasteiger partial charge in [-0.1, -0.05) is 25.9 Å². The zero-order valence-corrected chi connectivity index (χ0v) is 15.1. The monoisotopic (exact) mass is 343 g/mol.